The molecule has 13 heteroatoms. The summed E-state index contributed by atoms with van der Waals surface area (Å²) in [4.78, 5) is 25.4. The van der Waals surface area contributed by atoms with Crippen molar-refractivity contribution in [3.8, 4) is 0 Å². The van der Waals surface area contributed by atoms with E-state index in [1.54, 1.807) is 0 Å². The third-order valence-electron chi connectivity index (χ3n) is 0. The summed E-state index contributed by atoms with van der Waals surface area (Å²) in [7, 11) is 0. The Morgan fingerprint density at radius 2 is 0.688 bits per heavy atom. The molecule has 0 aliphatic carbocycles. The van der Waals surface area contributed by atoms with E-state index in [0.717, 1.165) is 0 Å². The zero-order chi connectivity index (χ0) is 10.7. The molecule has 0 saturated heterocycles. The Balaban J connectivity index is -0.0000000135. The van der Waals surface area contributed by atoms with Gasteiger partial charge in [0.25, 0.3) is 0 Å². The smallest absolute Gasteiger partial charge is 0.652 e. The molecule has 0 unspecified atom stereocenters. The Kier molecular flexibility index (Phi) is 102. The van der Waals surface area contributed by atoms with Crippen LogP contribution < -0.4 is 69.3 Å². The van der Waals surface area contributed by atoms with Crippen molar-refractivity contribution in [1.29, 1.82) is 0 Å². The number of hydrogen-bond acceptors (Lipinski definition) is 5. The molecule has 0 fully saturated rings. The third-order valence-corrected chi connectivity index (χ3v) is 0. The normalized spacial score (nSPS) is 4.50. The molecule has 0 amide bonds. The first kappa shape index (κ1) is 44.8. The van der Waals surface area contributed by atoms with Gasteiger partial charge in [0.2, 0.25) is 0 Å². The van der Waals surface area contributed by atoms with Crippen LogP contribution in [0.4, 0.5) is 14.4 Å². The molecule has 0 heterocycles. The summed E-state index contributed by atoms with van der Waals surface area (Å²) in [5.74, 6) is 0. The minimum atomic E-state index is -2.33. The maximum Gasteiger partial charge on any atom is 1.00 e. The van der Waals surface area contributed by atoms with Gasteiger partial charge < -0.3 is 46.4 Å². The fourth-order valence-corrected chi connectivity index (χ4v) is 0. The van der Waals surface area contributed by atoms with E-state index in [9.17, 15) is 0 Å². The molecule has 88 valence electrons. The van der Waals surface area contributed by atoms with Crippen molar-refractivity contribution < 1.29 is 115 Å². The maximum absolute atomic E-state index is 8.56. The zero-order valence-corrected chi connectivity index (χ0v) is 12.3. The van der Waals surface area contributed by atoms with Crippen LogP contribution in [0.5, 0.6) is 0 Å². The van der Waals surface area contributed by atoms with Crippen LogP contribution in [-0.4, -0.2) is 49.8 Å². The van der Waals surface area contributed by atoms with Gasteiger partial charge in [-0.05, 0) is 6.16 Å². The first-order valence-electron chi connectivity index (χ1n) is 1.92. The number of rotatable bonds is 0. The van der Waals surface area contributed by atoms with Crippen molar-refractivity contribution in [1.82, 2.24) is 0 Å². The summed E-state index contributed by atoms with van der Waals surface area (Å²) in [5.41, 5.74) is 0. The van der Waals surface area contributed by atoms with E-state index in [-0.39, 0.29) is 70.1 Å². The molecule has 0 aliphatic rings. The van der Waals surface area contributed by atoms with Crippen LogP contribution >= 0.6 is 0 Å². The van der Waals surface area contributed by atoms with E-state index in [0.29, 0.717) is 0 Å². The molecule has 0 aromatic carbocycles. The van der Waals surface area contributed by atoms with Gasteiger partial charge in [0.05, 0.1) is 0 Å². The van der Waals surface area contributed by atoms with E-state index in [4.69, 9.17) is 45.0 Å². The summed E-state index contributed by atoms with van der Waals surface area (Å²) in [6.07, 6.45) is -6.00. The van der Waals surface area contributed by atoms with E-state index >= 15 is 0 Å². The Morgan fingerprint density at radius 1 is 0.688 bits per heavy atom. The summed E-state index contributed by atoms with van der Waals surface area (Å²) in [5, 5.41) is 44.6. The van der Waals surface area contributed by atoms with Crippen molar-refractivity contribution in [3.63, 3.8) is 0 Å². The molecule has 0 bridgehead atoms. The second kappa shape index (κ2) is 36.4. The number of carbonyl (C=O) groups excluding carboxylic acids is 1. The predicted molar refractivity (Wildman–Crippen MR) is 33.9 cm³/mol. The molecule has 0 atom stereocenters. The Bertz CT molecular complexity index is 117. The van der Waals surface area contributed by atoms with Crippen LogP contribution in [-0.2, 0) is 0 Å². The second-order valence-electron chi connectivity index (χ2n) is 0.815. The van der Waals surface area contributed by atoms with E-state index in [1.165, 1.54) is 0 Å². The summed E-state index contributed by atoms with van der Waals surface area (Å²) in [6, 6.07) is 0. The minimum absolute atomic E-state index is 0. The number of carbonyl (C=O) groups is 3. The van der Waals surface area contributed by atoms with Crippen molar-refractivity contribution >= 4 is 18.5 Å². The van der Waals surface area contributed by atoms with Gasteiger partial charge in [-0.25, -0.2) is 9.59 Å². The van der Waals surface area contributed by atoms with Crippen molar-refractivity contribution in [2.45, 2.75) is 0 Å². The van der Waals surface area contributed by atoms with E-state index < -0.39 is 18.5 Å². The molecule has 8 N–H and O–H groups in total. The van der Waals surface area contributed by atoms with Crippen molar-refractivity contribution in [3.05, 3.63) is 0 Å². The Morgan fingerprint density at radius 3 is 0.688 bits per heavy atom. The molecule has 11 nitrogen and oxygen atoms in total. The topological polar surface area (TPSA) is 241 Å². The largest absolute Gasteiger partial charge is 1.00 e. The number of carboxylic acid groups (broad SMARTS) is 6. The van der Waals surface area contributed by atoms with Crippen LogP contribution in [0.3, 0.4) is 0 Å². The average molecular weight is 266 g/mol. The van der Waals surface area contributed by atoms with E-state index in [1.807, 2.05) is 0 Å². The van der Waals surface area contributed by atoms with Gasteiger partial charge in [-0.3, -0.25) is 0 Å². The molecule has 0 aromatic rings. The molecule has 0 rings (SSSR count). The SMILES string of the molecule is O.O.O=C(O)O.O=C(O)O.O=C([O-])[O-].[Na+].[Na+]. The quantitative estimate of drug-likeness (QED) is 0.303. The standard InChI is InChI=1S/3CH2O3.2Na.2H2O/c3*2-1(3)4;;;;/h3*(H2,2,3,4);;;2*1H2/q;;;2*+1;;/p-2. The Hall–Kier alpha value is -0.270. The Labute approximate surface area is 133 Å². The van der Waals surface area contributed by atoms with Crippen molar-refractivity contribution in [2.75, 3.05) is 0 Å². The van der Waals surface area contributed by atoms with E-state index in [2.05, 4.69) is 0 Å². The third kappa shape index (κ3) is 30500. The molecular formula is C3H8Na2O11. The molecule has 0 saturated carbocycles. The average Bonchev–Trinajstić information content (AvgIpc) is 1.54. The molecule has 16 heavy (non-hydrogen) atoms. The van der Waals surface area contributed by atoms with Crippen LogP contribution in [0.15, 0.2) is 0 Å². The molecule has 0 aliphatic heterocycles. The molecule has 0 spiro atoms. The van der Waals surface area contributed by atoms with Crippen LogP contribution in [0.25, 0.3) is 0 Å². The van der Waals surface area contributed by atoms with Gasteiger partial charge >= 0.3 is 71.4 Å². The second-order valence-corrected chi connectivity index (χ2v) is 0.815. The van der Waals surface area contributed by atoms with Crippen molar-refractivity contribution in [2.24, 2.45) is 0 Å². The fourth-order valence-electron chi connectivity index (χ4n) is 0. The first-order chi connectivity index (χ1) is 5.20. The monoisotopic (exact) mass is 266 g/mol. The fraction of sp³-hybridized carbons (Fsp3) is 0. The van der Waals surface area contributed by atoms with Gasteiger partial charge in [0.1, 0.15) is 0 Å². The van der Waals surface area contributed by atoms with Gasteiger partial charge in [0, 0.05) is 0 Å². The molecular weight excluding hydrogens is 258 g/mol. The number of hydrogen-bond donors (Lipinski definition) is 4. The van der Waals surface area contributed by atoms with Gasteiger partial charge in [-0.15, -0.1) is 0 Å². The molecule has 0 radical (unpaired) electrons. The van der Waals surface area contributed by atoms with Gasteiger partial charge in [0.15, 0.2) is 0 Å². The van der Waals surface area contributed by atoms with Gasteiger partial charge in [-0.2, -0.15) is 0 Å². The minimum Gasteiger partial charge on any atom is -0.652 e. The van der Waals surface area contributed by atoms with Gasteiger partial charge in [-0.1, -0.05) is 0 Å². The summed E-state index contributed by atoms with van der Waals surface area (Å²) >= 11 is 0. The van der Waals surface area contributed by atoms with Crippen LogP contribution in [0.1, 0.15) is 0 Å². The first-order valence-corrected chi connectivity index (χ1v) is 1.92. The summed E-state index contributed by atoms with van der Waals surface area (Å²) < 4.78 is 0. The summed E-state index contributed by atoms with van der Waals surface area (Å²) in [6.45, 7) is 0. The molecule has 0 aromatic heterocycles. The van der Waals surface area contributed by atoms with Crippen LogP contribution in [0, 0.1) is 0 Å². The predicted octanol–water partition coefficient (Wildman–Crippen LogP) is -9.64. The maximum atomic E-state index is 8.56. The zero-order valence-electron chi connectivity index (χ0n) is 8.33. The van der Waals surface area contributed by atoms with Crippen LogP contribution in [0.2, 0.25) is 0 Å².